The molecule has 0 amide bonds. The Morgan fingerprint density at radius 3 is 2.72 bits per heavy atom. The van der Waals surface area contributed by atoms with Gasteiger partial charge in [-0.1, -0.05) is 30.3 Å². The first-order valence-electron chi connectivity index (χ1n) is 5.58. The highest BCUT2D eigenvalue weighted by molar-refractivity contribution is 5.87. The third-order valence-electron chi connectivity index (χ3n) is 2.58. The number of ether oxygens (including phenoxy) is 1. The molecule has 0 fully saturated rings. The summed E-state index contributed by atoms with van der Waals surface area (Å²) in [7, 11) is 1.60. The minimum atomic E-state index is -1.02. The molecule has 1 aromatic heterocycles. The standard InChI is InChI=1S/C13H14N2O3/c1-18-8-7-15-12(9-11(14-15)13(16)17)10-5-3-2-4-6-10/h2-6,9H,7-8H2,1H3,(H,16,17). The molecule has 0 aliphatic rings. The summed E-state index contributed by atoms with van der Waals surface area (Å²) in [6, 6.07) is 11.1. The van der Waals surface area contributed by atoms with Crippen LogP contribution in [0.2, 0.25) is 0 Å². The fourth-order valence-electron chi connectivity index (χ4n) is 1.71. The van der Waals surface area contributed by atoms with Crippen LogP contribution in [0.3, 0.4) is 0 Å². The van der Waals surface area contributed by atoms with Crippen LogP contribution in [-0.4, -0.2) is 34.6 Å². The maximum absolute atomic E-state index is 11.0. The van der Waals surface area contributed by atoms with Crippen LogP contribution < -0.4 is 0 Å². The lowest BCUT2D eigenvalue weighted by molar-refractivity contribution is 0.0689. The third kappa shape index (κ3) is 2.57. The van der Waals surface area contributed by atoms with Crippen molar-refractivity contribution in [3.63, 3.8) is 0 Å². The lowest BCUT2D eigenvalue weighted by atomic mass is 10.1. The molecule has 1 aromatic carbocycles. The van der Waals surface area contributed by atoms with Crippen LogP contribution in [-0.2, 0) is 11.3 Å². The number of nitrogens with zero attached hydrogens (tertiary/aromatic N) is 2. The number of methoxy groups -OCH3 is 1. The van der Waals surface area contributed by atoms with E-state index in [4.69, 9.17) is 9.84 Å². The zero-order valence-electron chi connectivity index (χ0n) is 10.0. The minimum absolute atomic E-state index is 0.0463. The number of rotatable bonds is 5. The van der Waals surface area contributed by atoms with Gasteiger partial charge in [0.15, 0.2) is 5.69 Å². The van der Waals surface area contributed by atoms with Gasteiger partial charge in [-0.25, -0.2) is 4.79 Å². The molecule has 1 heterocycles. The van der Waals surface area contributed by atoms with Crippen LogP contribution in [0, 0.1) is 0 Å². The van der Waals surface area contributed by atoms with Gasteiger partial charge in [-0.05, 0) is 11.6 Å². The number of carboxylic acid groups (broad SMARTS) is 1. The van der Waals surface area contributed by atoms with E-state index in [2.05, 4.69) is 5.10 Å². The zero-order chi connectivity index (χ0) is 13.0. The number of aromatic carboxylic acids is 1. The van der Waals surface area contributed by atoms with Crippen molar-refractivity contribution < 1.29 is 14.6 Å². The highest BCUT2D eigenvalue weighted by atomic mass is 16.5. The molecule has 0 bridgehead atoms. The number of benzene rings is 1. The summed E-state index contributed by atoms with van der Waals surface area (Å²) in [5.41, 5.74) is 1.77. The van der Waals surface area contributed by atoms with E-state index >= 15 is 0 Å². The molecule has 5 nitrogen and oxygen atoms in total. The SMILES string of the molecule is COCCn1nc(C(=O)O)cc1-c1ccccc1. The molecule has 0 aliphatic carbocycles. The molecule has 5 heteroatoms. The van der Waals surface area contributed by atoms with Gasteiger partial charge in [-0.2, -0.15) is 5.10 Å². The summed E-state index contributed by atoms with van der Waals surface area (Å²) in [6.07, 6.45) is 0. The second-order valence-electron chi connectivity index (χ2n) is 3.80. The van der Waals surface area contributed by atoms with E-state index in [0.29, 0.717) is 13.2 Å². The Hall–Kier alpha value is -2.14. The van der Waals surface area contributed by atoms with Crippen molar-refractivity contribution in [2.24, 2.45) is 0 Å². The average Bonchev–Trinajstić information content (AvgIpc) is 2.81. The Morgan fingerprint density at radius 2 is 2.11 bits per heavy atom. The Bertz CT molecular complexity index is 534. The van der Waals surface area contributed by atoms with Gasteiger partial charge in [0.2, 0.25) is 0 Å². The van der Waals surface area contributed by atoms with Gasteiger partial charge in [0, 0.05) is 7.11 Å². The maximum Gasteiger partial charge on any atom is 0.356 e. The van der Waals surface area contributed by atoms with Crippen LogP contribution in [0.1, 0.15) is 10.5 Å². The van der Waals surface area contributed by atoms with Gasteiger partial charge in [0.05, 0.1) is 18.8 Å². The summed E-state index contributed by atoms with van der Waals surface area (Å²) in [6.45, 7) is 1.01. The predicted molar refractivity (Wildman–Crippen MR) is 66.5 cm³/mol. The van der Waals surface area contributed by atoms with Crippen molar-refractivity contribution in [3.05, 3.63) is 42.1 Å². The zero-order valence-corrected chi connectivity index (χ0v) is 10.0. The van der Waals surface area contributed by atoms with E-state index < -0.39 is 5.97 Å². The molecule has 2 aromatic rings. The van der Waals surface area contributed by atoms with Crippen molar-refractivity contribution >= 4 is 5.97 Å². The smallest absolute Gasteiger partial charge is 0.356 e. The van der Waals surface area contributed by atoms with E-state index in [0.717, 1.165) is 11.3 Å². The van der Waals surface area contributed by atoms with Crippen molar-refractivity contribution in [3.8, 4) is 11.3 Å². The molecule has 2 rings (SSSR count). The van der Waals surface area contributed by atoms with E-state index in [9.17, 15) is 4.79 Å². The first-order chi connectivity index (χ1) is 8.72. The highest BCUT2D eigenvalue weighted by Crippen LogP contribution is 2.20. The quantitative estimate of drug-likeness (QED) is 0.875. The van der Waals surface area contributed by atoms with Crippen LogP contribution in [0.4, 0.5) is 0 Å². The molecule has 0 spiro atoms. The van der Waals surface area contributed by atoms with Gasteiger partial charge < -0.3 is 9.84 Å². The molecular formula is C13H14N2O3. The first kappa shape index (κ1) is 12.3. The van der Waals surface area contributed by atoms with Gasteiger partial charge in [0.25, 0.3) is 0 Å². The Labute approximate surface area is 105 Å². The molecular weight excluding hydrogens is 232 g/mol. The molecule has 94 valence electrons. The Balaban J connectivity index is 2.40. The normalized spacial score (nSPS) is 10.5. The summed E-state index contributed by atoms with van der Waals surface area (Å²) in [5, 5.41) is 13.0. The largest absolute Gasteiger partial charge is 0.476 e. The van der Waals surface area contributed by atoms with E-state index in [1.165, 1.54) is 0 Å². The molecule has 0 unspecified atom stereocenters. The topological polar surface area (TPSA) is 64.4 Å². The maximum atomic E-state index is 11.0. The van der Waals surface area contributed by atoms with E-state index in [-0.39, 0.29) is 5.69 Å². The lowest BCUT2D eigenvalue weighted by Crippen LogP contribution is -2.08. The molecule has 0 aliphatic heterocycles. The highest BCUT2D eigenvalue weighted by Gasteiger charge is 2.14. The van der Waals surface area contributed by atoms with Gasteiger partial charge in [0.1, 0.15) is 0 Å². The van der Waals surface area contributed by atoms with Crippen LogP contribution in [0.25, 0.3) is 11.3 Å². The fraction of sp³-hybridized carbons (Fsp3) is 0.231. The van der Waals surface area contributed by atoms with E-state index in [1.54, 1.807) is 17.9 Å². The lowest BCUT2D eigenvalue weighted by Gasteiger charge is -2.06. The van der Waals surface area contributed by atoms with Crippen molar-refractivity contribution in [2.45, 2.75) is 6.54 Å². The molecule has 0 saturated carbocycles. The van der Waals surface area contributed by atoms with Gasteiger partial charge >= 0.3 is 5.97 Å². The van der Waals surface area contributed by atoms with Gasteiger partial charge in [-0.3, -0.25) is 4.68 Å². The van der Waals surface area contributed by atoms with Gasteiger partial charge in [-0.15, -0.1) is 0 Å². The van der Waals surface area contributed by atoms with Crippen LogP contribution in [0.5, 0.6) is 0 Å². The second-order valence-corrected chi connectivity index (χ2v) is 3.80. The molecule has 0 saturated heterocycles. The number of aromatic nitrogens is 2. The second kappa shape index (κ2) is 5.46. The molecule has 18 heavy (non-hydrogen) atoms. The summed E-state index contributed by atoms with van der Waals surface area (Å²) in [4.78, 5) is 11.0. The monoisotopic (exact) mass is 246 g/mol. The van der Waals surface area contributed by atoms with E-state index in [1.807, 2.05) is 30.3 Å². The van der Waals surface area contributed by atoms with Crippen molar-refractivity contribution in [2.75, 3.05) is 13.7 Å². The molecule has 0 radical (unpaired) electrons. The minimum Gasteiger partial charge on any atom is -0.476 e. The number of hydrogen-bond acceptors (Lipinski definition) is 3. The van der Waals surface area contributed by atoms with Crippen molar-refractivity contribution in [1.29, 1.82) is 0 Å². The first-order valence-corrected chi connectivity index (χ1v) is 5.58. The number of carbonyl (C=O) groups is 1. The Morgan fingerprint density at radius 1 is 1.39 bits per heavy atom. The third-order valence-corrected chi connectivity index (χ3v) is 2.58. The fourth-order valence-corrected chi connectivity index (χ4v) is 1.71. The summed E-state index contributed by atoms with van der Waals surface area (Å²) >= 11 is 0. The number of hydrogen-bond donors (Lipinski definition) is 1. The molecule has 1 N–H and O–H groups in total. The summed E-state index contributed by atoms with van der Waals surface area (Å²) in [5.74, 6) is -1.02. The predicted octanol–water partition coefficient (Wildman–Crippen LogP) is 1.89. The number of carboxylic acids is 1. The van der Waals surface area contributed by atoms with Crippen molar-refractivity contribution in [1.82, 2.24) is 9.78 Å². The Kier molecular flexibility index (Phi) is 3.74. The summed E-state index contributed by atoms with van der Waals surface area (Å²) < 4.78 is 6.65. The molecule has 0 atom stereocenters. The average molecular weight is 246 g/mol. The van der Waals surface area contributed by atoms with Crippen LogP contribution in [0.15, 0.2) is 36.4 Å². The van der Waals surface area contributed by atoms with Crippen LogP contribution >= 0.6 is 0 Å².